The number of rotatable bonds is 6. The van der Waals surface area contributed by atoms with Crippen molar-refractivity contribution >= 4 is 34.5 Å². The van der Waals surface area contributed by atoms with Crippen LogP contribution in [0.1, 0.15) is 49.4 Å². The molecule has 1 fully saturated rings. The molecule has 33 heavy (non-hydrogen) atoms. The van der Waals surface area contributed by atoms with Crippen molar-refractivity contribution in [2.45, 2.75) is 55.5 Å². The first-order valence-corrected chi connectivity index (χ1v) is 12.0. The maximum atomic E-state index is 13.5. The van der Waals surface area contributed by atoms with Crippen LogP contribution in [-0.2, 0) is 9.53 Å². The number of carbonyl (C=O) groups is 2. The van der Waals surface area contributed by atoms with Gasteiger partial charge in [-0.05, 0) is 50.1 Å². The summed E-state index contributed by atoms with van der Waals surface area (Å²) in [4.78, 5) is 43.0. The Kier molecular flexibility index (Phi) is 7.13. The molecule has 1 heterocycles. The maximum Gasteiger partial charge on any atom is 0.337 e. The third-order valence-corrected chi connectivity index (χ3v) is 6.93. The van der Waals surface area contributed by atoms with Crippen LogP contribution in [0.25, 0.3) is 16.6 Å². The van der Waals surface area contributed by atoms with E-state index in [9.17, 15) is 14.4 Å². The molecule has 4 rings (SSSR count). The molecule has 0 aliphatic heterocycles. The lowest BCUT2D eigenvalue weighted by Gasteiger charge is -2.24. The van der Waals surface area contributed by atoms with Gasteiger partial charge in [0.15, 0.2) is 5.16 Å². The third kappa shape index (κ3) is 5.11. The van der Waals surface area contributed by atoms with Crippen LogP contribution in [0.4, 0.5) is 0 Å². The molecule has 1 aromatic heterocycles. The largest absolute Gasteiger partial charge is 0.465 e. The smallest absolute Gasteiger partial charge is 0.337 e. The van der Waals surface area contributed by atoms with Crippen LogP contribution in [-0.4, -0.2) is 39.8 Å². The van der Waals surface area contributed by atoms with Gasteiger partial charge in [-0.15, -0.1) is 0 Å². The zero-order valence-electron chi connectivity index (χ0n) is 18.7. The standard InChI is InChI=1S/C25H27N3O4S/c1-16(22(29)26-18-9-5-3-6-10-18)33-25-27-21-15-17(24(31)32-2)13-14-20(21)23(30)28(25)19-11-7-4-8-12-19/h4,7-8,11-16,18H,3,5-6,9-10H2,1-2H3,(H,26,29). The topological polar surface area (TPSA) is 90.3 Å². The Morgan fingerprint density at radius 2 is 1.85 bits per heavy atom. The summed E-state index contributed by atoms with van der Waals surface area (Å²) in [5.74, 6) is -0.565. The van der Waals surface area contributed by atoms with Crippen molar-refractivity contribution in [3.05, 3.63) is 64.4 Å². The molecule has 0 radical (unpaired) electrons. The number of hydrogen-bond acceptors (Lipinski definition) is 6. The normalized spacial score (nSPS) is 15.2. The first-order valence-electron chi connectivity index (χ1n) is 11.2. The van der Waals surface area contributed by atoms with E-state index < -0.39 is 11.2 Å². The number of ether oxygens (including phenoxy) is 1. The van der Waals surface area contributed by atoms with Crippen LogP contribution >= 0.6 is 11.8 Å². The summed E-state index contributed by atoms with van der Waals surface area (Å²) in [7, 11) is 1.31. The number of nitrogens with one attached hydrogen (secondary N) is 1. The van der Waals surface area contributed by atoms with Crippen molar-refractivity contribution in [3.8, 4) is 5.69 Å². The van der Waals surface area contributed by atoms with E-state index >= 15 is 0 Å². The SMILES string of the molecule is COC(=O)c1ccc2c(=O)n(-c3ccccc3)c(SC(C)C(=O)NC3CCCCC3)nc2c1. The Hall–Kier alpha value is -3.13. The van der Waals surface area contributed by atoms with Crippen LogP contribution < -0.4 is 10.9 Å². The lowest BCUT2D eigenvalue weighted by atomic mass is 9.95. The van der Waals surface area contributed by atoms with E-state index in [1.165, 1.54) is 29.9 Å². The summed E-state index contributed by atoms with van der Waals surface area (Å²) >= 11 is 1.23. The first kappa shape index (κ1) is 23.0. The van der Waals surface area contributed by atoms with Gasteiger partial charge in [0.2, 0.25) is 5.91 Å². The van der Waals surface area contributed by atoms with Gasteiger partial charge in [-0.1, -0.05) is 49.2 Å². The monoisotopic (exact) mass is 465 g/mol. The third-order valence-electron chi connectivity index (χ3n) is 5.88. The van der Waals surface area contributed by atoms with Crippen LogP contribution in [0.15, 0.2) is 58.5 Å². The highest BCUT2D eigenvalue weighted by Crippen LogP contribution is 2.26. The van der Waals surface area contributed by atoms with Gasteiger partial charge in [0.1, 0.15) is 0 Å². The molecule has 3 aromatic rings. The predicted octanol–water partition coefficient (Wildman–Crippen LogP) is 4.10. The van der Waals surface area contributed by atoms with Gasteiger partial charge < -0.3 is 10.1 Å². The van der Waals surface area contributed by atoms with E-state index in [2.05, 4.69) is 5.32 Å². The van der Waals surface area contributed by atoms with Crippen molar-refractivity contribution in [2.24, 2.45) is 0 Å². The highest BCUT2D eigenvalue weighted by molar-refractivity contribution is 8.00. The van der Waals surface area contributed by atoms with E-state index in [4.69, 9.17) is 9.72 Å². The average Bonchev–Trinajstić information content (AvgIpc) is 2.84. The second-order valence-electron chi connectivity index (χ2n) is 8.20. The number of thioether (sulfide) groups is 1. The van der Waals surface area contributed by atoms with E-state index in [0.29, 0.717) is 27.3 Å². The van der Waals surface area contributed by atoms with Crippen LogP contribution in [0.2, 0.25) is 0 Å². The number of esters is 1. The number of para-hydroxylation sites is 1. The number of aromatic nitrogens is 2. The number of hydrogen-bond donors (Lipinski definition) is 1. The Morgan fingerprint density at radius 3 is 2.55 bits per heavy atom. The quantitative estimate of drug-likeness (QED) is 0.335. The molecule has 8 heteroatoms. The van der Waals surface area contributed by atoms with Crippen molar-refractivity contribution in [2.75, 3.05) is 7.11 Å². The Balaban J connectivity index is 1.73. The maximum absolute atomic E-state index is 13.5. The Bertz CT molecular complexity index is 1220. The van der Waals surface area contributed by atoms with Gasteiger partial charge in [0.25, 0.3) is 5.56 Å². The van der Waals surface area contributed by atoms with E-state index in [-0.39, 0.29) is 17.5 Å². The molecule has 1 amide bonds. The highest BCUT2D eigenvalue weighted by Gasteiger charge is 2.23. The molecule has 1 saturated carbocycles. The molecule has 7 nitrogen and oxygen atoms in total. The molecule has 0 saturated heterocycles. The van der Waals surface area contributed by atoms with Gasteiger partial charge in [-0.3, -0.25) is 14.2 Å². The summed E-state index contributed by atoms with van der Waals surface area (Å²) in [5, 5.41) is 3.48. The average molecular weight is 466 g/mol. The second-order valence-corrected chi connectivity index (χ2v) is 9.51. The second kappa shape index (κ2) is 10.2. The number of carbonyl (C=O) groups excluding carboxylic acids is 2. The van der Waals surface area contributed by atoms with Crippen molar-refractivity contribution in [1.82, 2.24) is 14.9 Å². The molecule has 1 aliphatic rings. The van der Waals surface area contributed by atoms with Gasteiger partial charge in [0.05, 0.1) is 34.5 Å². The zero-order chi connectivity index (χ0) is 23.4. The van der Waals surface area contributed by atoms with Crippen molar-refractivity contribution in [1.29, 1.82) is 0 Å². The van der Waals surface area contributed by atoms with Gasteiger partial charge in [-0.25, -0.2) is 9.78 Å². The zero-order valence-corrected chi connectivity index (χ0v) is 19.6. The summed E-state index contributed by atoms with van der Waals surface area (Å²) in [5.41, 5.74) is 1.10. The highest BCUT2D eigenvalue weighted by atomic mass is 32.2. The molecule has 0 bridgehead atoms. The van der Waals surface area contributed by atoms with Gasteiger partial charge in [0, 0.05) is 6.04 Å². The molecule has 172 valence electrons. The van der Waals surface area contributed by atoms with Gasteiger partial charge in [-0.2, -0.15) is 0 Å². The van der Waals surface area contributed by atoms with Crippen molar-refractivity contribution in [3.63, 3.8) is 0 Å². The number of benzene rings is 2. The molecule has 1 unspecified atom stereocenters. The molecular formula is C25H27N3O4S. The number of nitrogens with zero attached hydrogens (tertiary/aromatic N) is 2. The predicted molar refractivity (Wildman–Crippen MR) is 129 cm³/mol. The summed E-state index contributed by atoms with van der Waals surface area (Å²) in [6, 6.07) is 14.1. The summed E-state index contributed by atoms with van der Waals surface area (Å²) < 4.78 is 6.32. The van der Waals surface area contributed by atoms with Crippen LogP contribution in [0, 0.1) is 0 Å². The number of methoxy groups -OCH3 is 1. The van der Waals surface area contributed by atoms with Crippen LogP contribution in [0.3, 0.4) is 0 Å². The molecule has 1 atom stereocenters. The number of amides is 1. The molecule has 1 N–H and O–H groups in total. The Morgan fingerprint density at radius 1 is 1.12 bits per heavy atom. The first-order chi connectivity index (χ1) is 16.0. The lowest BCUT2D eigenvalue weighted by Crippen LogP contribution is -2.40. The fraction of sp³-hybridized carbons (Fsp3) is 0.360. The molecule has 2 aromatic carbocycles. The minimum Gasteiger partial charge on any atom is -0.465 e. The molecular weight excluding hydrogens is 438 g/mol. The summed E-state index contributed by atoms with van der Waals surface area (Å²) in [6.45, 7) is 1.82. The van der Waals surface area contributed by atoms with Crippen LogP contribution in [0.5, 0.6) is 0 Å². The fourth-order valence-electron chi connectivity index (χ4n) is 4.07. The van der Waals surface area contributed by atoms with Gasteiger partial charge >= 0.3 is 5.97 Å². The van der Waals surface area contributed by atoms with E-state index in [1.54, 1.807) is 18.2 Å². The minimum atomic E-state index is -0.500. The fourth-order valence-corrected chi connectivity index (χ4v) is 5.01. The number of fused-ring (bicyclic) bond motifs is 1. The minimum absolute atomic E-state index is 0.0656. The van der Waals surface area contributed by atoms with E-state index in [1.807, 2.05) is 37.3 Å². The Labute approximate surface area is 196 Å². The molecule has 0 spiro atoms. The summed E-state index contributed by atoms with van der Waals surface area (Å²) in [6.07, 6.45) is 5.49. The van der Waals surface area contributed by atoms with E-state index in [0.717, 1.165) is 25.7 Å². The van der Waals surface area contributed by atoms with Crippen molar-refractivity contribution < 1.29 is 14.3 Å². The molecule has 1 aliphatic carbocycles. The lowest BCUT2D eigenvalue weighted by molar-refractivity contribution is -0.121.